The minimum absolute atomic E-state index is 0.220. The Hall–Kier alpha value is -3.25. The fourth-order valence-electron chi connectivity index (χ4n) is 3.84. The summed E-state index contributed by atoms with van der Waals surface area (Å²) in [4.78, 5) is 27.6. The standard InChI is InChI=1S/C22H28N6O5S/c1-4-33-19(29)17-16(23-20(30)24-18(17)14-5-7-15(31-3)8-6-14)13-34-22-26-25-21(27(22)2)28-9-11-32-12-10-28/h5-8,18H,4,9-13H2,1-3H3,(H2,23,24,30). The van der Waals surface area contributed by atoms with Crippen molar-refractivity contribution in [2.45, 2.75) is 18.1 Å². The van der Waals surface area contributed by atoms with Crippen molar-refractivity contribution < 1.29 is 23.8 Å². The van der Waals surface area contributed by atoms with Crippen LogP contribution in [0.4, 0.5) is 10.7 Å². The molecule has 1 saturated heterocycles. The fraction of sp³-hybridized carbons (Fsp3) is 0.455. The number of hydrogen-bond acceptors (Lipinski definition) is 9. The molecule has 1 aromatic carbocycles. The van der Waals surface area contributed by atoms with Gasteiger partial charge in [0, 0.05) is 31.6 Å². The molecule has 2 aliphatic heterocycles. The number of rotatable bonds is 8. The van der Waals surface area contributed by atoms with Gasteiger partial charge in [-0.1, -0.05) is 23.9 Å². The maximum atomic E-state index is 13.0. The molecule has 4 rings (SSSR count). The van der Waals surface area contributed by atoms with Crippen LogP contribution in [0.3, 0.4) is 0 Å². The molecular weight excluding hydrogens is 460 g/mol. The molecule has 2 aromatic rings. The third-order valence-electron chi connectivity index (χ3n) is 5.55. The molecule has 1 aromatic heterocycles. The van der Waals surface area contributed by atoms with Gasteiger partial charge in [-0.2, -0.15) is 0 Å². The highest BCUT2D eigenvalue weighted by Gasteiger charge is 2.34. The molecular formula is C22H28N6O5S. The van der Waals surface area contributed by atoms with Gasteiger partial charge in [0.15, 0.2) is 5.16 Å². The van der Waals surface area contributed by atoms with Crippen molar-refractivity contribution >= 4 is 29.7 Å². The summed E-state index contributed by atoms with van der Waals surface area (Å²) >= 11 is 1.39. The van der Waals surface area contributed by atoms with Crippen LogP contribution in [0.5, 0.6) is 5.75 Å². The van der Waals surface area contributed by atoms with E-state index in [1.54, 1.807) is 26.2 Å². The first-order chi connectivity index (χ1) is 16.5. The molecule has 0 spiro atoms. The van der Waals surface area contributed by atoms with E-state index in [9.17, 15) is 9.59 Å². The zero-order valence-corrected chi connectivity index (χ0v) is 20.2. The Kier molecular flexibility index (Phi) is 7.58. The second-order valence-electron chi connectivity index (χ2n) is 7.65. The van der Waals surface area contributed by atoms with Gasteiger partial charge in [-0.15, -0.1) is 10.2 Å². The second-order valence-corrected chi connectivity index (χ2v) is 8.59. The van der Waals surface area contributed by atoms with Crippen LogP contribution in [-0.4, -0.2) is 72.5 Å². The summed E-state index contributed by atoms with van der Waals surface area (Å²) in [5.41, 5.74) is 1.58. The van der Waals surface area contributed by atoms with E-state index in [1.807, 2.05) is 23.7 Å². The molecule has 0 radical (unpaired) electrons. The number of thioether (sulfide) groups is 1. The van der Waals surface area contributed by atoms with E-state index in [-0.39, 0.29) is 6.61 Å². The lowest BCUT2D eigenvalue weighted by Gasteiger charge is -2.29. The molecule has 34 heavy (non-hydrogen) atoms. The van der Waals surface area contributed by atoms with Crippen molar-refractivity contribution in [3.63, 3.8) is 0 Å². The molecule has 0 bridgehead atoms. The first kappa shape index (κ1) is 23.9. The number of esters is 1. The lowest BCUT2D eigenvalue weighted by Crippen LogP contribution is -2.46. The van der Waals surface area contributed by atoms with Gasteiger partial charge in [0.2, 0.25) is 5.95 Å². The number of ether oxygens (including phenoxy) is 3. The molecule has 2 aliphatic rings. The monoisotopic (exact) mass is 488 g/mol. The van der Waals surface area contributed by atoms with Crippen LogP contribution in [0, 0.1) is 0 Å². The number of benzene rings is 1. The number of morpholine rings is 1. The lowest BCUT2D eigenvalue weighted by molar-refractivity contribution is -0.139. The third kappa shape index (κ3) is 5.12. The normalized spacial score (nSPS) is 18.4. The summed E-state index contributed by atoms with van der Waals surface area (Å²) in [5, 5.41) is 14.9. The number of nitrogens with zero attached hydrogens (tertiary/aromatic N) is 4. The van der Waals surface area contributed by atoms with E-state index < -0.39 is 18.0 Å². The Balaban J connectivity index is 1.60. The summed E-state index contributed by atoms with van der Waals surface area (Å²) in [5.74, 6) is 1.26. The maximum Gasteiger partial charge on any atom is 0.338 e. The Bertz CT molecular complexity index is 1060. The number of carbonyl (C=O) groups excluding carboxylic acids is 2. The summed E-state index contributed by atoms with van der Waals surface area (Å²) < 4.78 is 17.9. The zero-order valence-electron chi connectivity index (χ0n) is 19.4. The molecule has 11 nitrogen and oxygen atoms in total. The van der Waals surface area contributed by atoms with E-state index >= 15 is 0 Å². The predicted octanol–water partition coefficient (Wildman–Crippen LogP) is 1.62. The van der Waals surface area contributed by atoms with E-state index in [1.165, 1.54) is 11.8 Å². The molecule has 1 atom stereocenters. The van der Waals surface area contributed by atoms with Crippen LogP contribution in [0.1, 0.15) is 18.5 Å². The molecule has 0 saturated carbocycles. The van der Waals surface area contributed by atoms with Gasteiger partial charge < -0.3 is 29.7 Å². The van der Waals surface area contributed by atoms with E-state index in [0.717, 1.165) is 24.6 Å². The van der Waals surface area contributed by atoms with Gasteiger partial charge in [0.25, 0.3) is 0 Å². The molecule has 1 fully saturated rings. The molecule has 0 aliphatic carbocycles. The summed E-state index contributed by atoms with van der Waals surface area (Å²) in [6.07, 6.45) is 0. The zero-order chi connectivity index (χ0) is 24.1. The number of aromatic nitrogens is 3. The first-order valence-electron chi connectivity index (χ1n) is 11.0. The van der Waals surface area contributed by atoms with Crippen LogP contribution in [-0.2, 0) is 21.3 Å². The van der Waals surface area contributed by atoms with Gasteiger partial charge in [0.05, 0.1) is 38.5 Å². The Morgan fingerprint density at radius 3 is 2.65 bits per heavy atom. The summed E-state index contributed by atoms with van der Waals surface area (Å²) in [6, 6.07) is 6.15. The quantitative estimate of drug-likeness (QED) is 0.422. The Morgan fingerprint density at radius 1 is 1.24 bits per heavy atom. The van der Waals surface area contributed by atoms with Gasteiger partial charge in [-0.05, 0) is 24.6 Å². The number of carbonyl (C=O) groups is 2. The lowest BCUT2D eigenvalue weighted by atomic mass is 9.95. The van der Waals surface area contributed by atoms with Crippen molar-refractivity contribution in [2.24, 2.45) is 7.05 Å². The van der Waals surface area contributed by atoms with Crippen molar-refractivity contribution in [3.05, 3.63) is 41.1 Å². The second kappa shape index (κ2) is 10.8. The number of urea groups is 1. The summed E-state index contributed by atoms with van der Waals surface area (Å²) in [6.45, 7) is 4.77. The molecule has 12 heteroatoms. The highest BCUT2D eigenvalue weighted by atomic mass is 32.2. The number of amides is 2. The van der Waals surface area contributed by atoms with E-state index in [2.05, 4.69) is 25.7 Å². The van der Waals surface area contributed by atoms with Crippen molar-refractivity contribution in [1.82, 2.24) is 25.4 Å². The molecule has 182 valence electrons. The van der Waals surface area contributed by atoms with E-state index in [0.29, 0.717) is 41.1 Å². The minimum atomic E-state index is -0.655. The van der Waals surface area contributed by atoms with Crippen molar-refractivity contribution in [2.75, 3.05) is 50.7 Å². The number of anilines is 1. The largest absolute Gasteiger partial charge is 0.497 e. The van der Waals surface area contributed by atoms with Gasteiger partial charge in [-0.3, -0.25) is 4.57 Å². The van der Waals surface area contributed by atoms with Crippen molar-refractivity contribution in [3.8, 4) is 5.75 Å². The van der Waals surface area contributed by atoms with Gasteiger partial charge in [0.1, 0.15) is 5.75 Å². The van der Waals surface area contributed by atoms with Crippen molar-refractivity contribution in [1.29, 1.82) is 0 Å². The molecule has 1 unspecified atom stereocenters. The predicted molar refractivity (Wildman–Crippen MR) is 126 cm³/mol. The topological polar surface area (TPSA) is 120 Å². The van der Waals surface area contributed by atoms with Crippen LogP contribution in [0.25, 0.3) is 0 Å². The number of methoxy groups -OCH3 is 1. The minimum Gasteiger partial charge on any atom is -0.497 e. The maximum absolute atomic E-state index is 13.0. The average molecular weight is 489 g/mol. The highest BCUT2D eigenvalue weighted by molar-refractivity contribution is 7.99. The third-order valence-corrected chi connectivity index (χ3v) is 6.60. The Morgan fingerprint density at radius 2 is 1.97 bits per heavy atom. The average Bonchev–Trinajstić information content (AvgIpc) is 3.23. The van der Waals surface area contributed by atoms with Crippen LogP contribution >= 0.6 is 11.8 Å². The molecule has 2 N–H and O–H groups in total. The smallest absolute Gasteiger partial charge is 0.338 e. The highest BCUT2D eigenvalue weighted by Crippen LogP contribution is 2.31. The Labute approximate surface area is 201 Å². The summed E-state index contributed by atoms with van der Waals surface area (Å²) in [7, 11) is 3.48. The van der Waals surface area contributed by atoms with E-state index in [4.69, 9.17) is 14.2 Å². The van der Waals surface area contributed by atoms with Crippen LogP contribution in [0.2, 0.25) is 0 Å². The molecule has 3 heterocycles. The van der Waals surface area contributed by atoms with Crippen LogP contribution < -0.4 is 20.3 Å². The SMILES string of the molecule is CCOC(=O)C1=C(CSc2nnc(N3CCOCC3)n2C)NC(=O)NC1c1ccc(OC)cc1. The molecule has 2 amide bonds. The number of hydrogen-bond donors (Lipinski definition) is 2. The van der Waals surface area contributed by atoms with Gasteiger partial charge >= 0.3 is 12.0 Å². The number of nitrogens with one attached hydrogen (secondary N) is 2. The van der Waals surface area contributed by atoms with Crippen LogP contribution in [0.15, 0.2) is 40.7 Å². The first-order valence-corrected chi connectivity index (χ1v) is 12.0. The van der Waals surface area contributed by atoms with Gasteiger partial charge in [-0.25, -0.2) is 9.59 Å². The fourth-order valence-corrected chi connectivity index (χ4v) is 4.71.